The summed E-state index contributed by atoms with van der Waals surface area (Å²) in [5, 5.41) is 23.2. The van der Waals surface area contributed by atoms with E-state index in [0.29, 0.717) is 0 Å². The maximum absolute atomic E-state index is 2.48. The van der Waals surface area contributed by atoms with Crippen LogP contribution in [0.3, 0.4) is 0 Å². The van der Waals surface area contributed by atoms with Crippen LogP contribution in [0.25, 0.3) is 141 Å². The van der Waals surface area contributed by atoms with Gasteiger partial charge in [-0.05, 0) is 183 Å². The molecule has 0 aromatic heterocycles. The van der Waals surface area contributed by atoms with Gasteiger partial charge in [-0.15, -0.1) is 0 Å². The Morgan fingerprint density at radius 1 is 0.217 bits per heavy atom. The summed E-state index contributed by atoms with van der Waals surface area (Å²) in [5.74, 6) is 0. The molecule has 0 N–H and O–H groups in total. The molecular formula is C69H44. The van der Waals surface area contributed by atoms with Crippen LogP contribution in [-0.2, 0) is 5.41 Å². The molecule has 0 spiro atoms. The summed E-state index contributed by atoms with van der Waals surface area (Å²) in [6.45, 7) is 4.82. The summed E-state index contributed by atoms with van der Waals surface area (Å²) in [6, 6.07) is 87.1. The fraction of sp³-hybridized carbons (Fsp3) is 0.0435. The second-order valence-corrected chi connectivity index (χ2v) is 20.0. The van der Waals surface area contributed by atoms with Crippen molar-refractivity contribution in [2.24, 2.45) is 0 Å². The summed E-state index contributed by atoms with van der Waals surface area (Å²) >= 11 is 0. The number of benzene rings is 14. The second kappa shape index (κ2) is 14.2. The summed E-state index contributed by atoms with van der Waals surface area (Å²) in [6.07, 6.45) is 0. The zero-order chi connectivity index (χ0) is 45.5. The van der Waals surface area contributed by atoms with Crippen LogP contribution in [0.5, 0.6) is 0 Å². The topological polar surface area (TPSA) is 0 Å². The molecule has 0 aliphatic heterocycles. The van der Waals surface area contributed by atoms with E-state index in [1.807, 2.05) is 0 Å². The predicted molar refractivity (Wildman–Crippen MR) is 298 cm³/mol. The molecule has 0 nitrogen and oxygen atoms in total. The third kappa shape index (κ3) is 5.58. The lowest BCUT2D eigenvalue weighted by Gasteiger charge is -2.23. The molecule has 0 radical (unpaired) electrons. The normalized spacial score (nSPS) is 13.2. The molecule has 0 heteroatoms. The highest BCUT2D eigenvalue weighted by atomic mass is 14.4. The van der Waals surface area contributed by atoms with Gasteiger partial charge in [0, 0.05) is 5.41 Å². The van der Waals surface area contributed by atoms with E-state index in [1.165, 1.54) is 153 Å². The van der Waals surface area contributed by atoms with Gasteiger partial charge in [-0.2, -0.15) is 0 Å². The highest BCUT2D eigenvalue weighted by Crippen LogP contribution is 2.52. The van der Waals surface area contributed by atoms with Gasteiger partial charge in [0.15, 0.2) is 0 Å². The quantitative estimate of drug-likeness (QED) is 0.155. The molecule has 0 unspecified atom stereocenters. The van der Waals surface area contributed by atoms with Gasteiger partial charge in [0.2, 0.25) is 0 Å². The minimum Gasteiger partial charge on any atom is -0.0616 e. The molecular weight excluding hydrogens is 829 g/mol. The Labute approximate surface area is 400 Å². The van der Waals surface area contributed by atoms with Crippen molar-refractivity contribution in [3.63, 3.8) is 0 Å². The van der Waals surface area contributed by atoms with Crippen LogP contribution in [0.1, 0.15) is 25.0 Å². The van der Waals surface area contributed by atoms with Crippen LogP contribution in [0, 0.1) is 0 Å². The zero-order valence-electron chi connectivity index (χ0n) is 38.4. The average Bonchev–Trinajstić information content (AvgIpc) is 3.63. The van der Waals surface area contributed by atoms with Crippen molar-refractivity contribution >= 4 is 97.0 Å². The molecule has 0 fully saturated rings. The van der Waals surface area contributed by atoms with Gasteiger partial charge in [0.05, 0.1) is 0 Å². The van der Waals surface area contributed by atoms with E-state index in [2.05, 4.69) is 244 Å². The summed E-state index contributed by atoms with van der Waals surface area (Å²) in [7, 11) is 0. The van der Waals surface area contributed by atoms with E-state index < -0.39 is 0 Å². The largest absolute Gasteiger partial charge is 0.0616 e. The van der Waals surface area contributed by atoms with Gasteiger partial charge >= 0.3 is 0 Å². The summed E-state index contributed by atoms with van der Waals surface area (Å²) in [5.41, 5.74) is 12.8. The molecule has 0 saturated carbocycles. The molecule has 14 aromatic carbocycles. The molecule has 14 aromatic rings. The molecule has 1 aliphatic rings. The first-order valence-corrected chi connectivity index (χ1v) is 24.3. The van der Waals surface area contributed by atoms with Crippen molar-refractivity contribution in [3.8, 4) is 44.5 Å². The Hall–Kier alpha value is -8.58. The fourth-order valence-corrected chi connectivity index (χ4v) is 12.5. The van der Waals surface area contributed by atoms with Crippen LogP contribution in [-0.4, -0.2) is 0 Å². The highest BCUT2D eigenvalue weighted by molar-refractivity contribution is 6.31. The molecule has 0 heterocycles. The SMILES string of the molecule is CC1(C)c2cc(-c3ccc4ccc(-c5cc6ccc7ccccc7c6c6c5ccc5ccccc56)cc4c3)ccc2-c2ccc(-c3cccc4c3ccc3ccc5ccc6ccccc6c5c34)cc21. The lowest BCUT2D eigenvalue weighted by atomic mass is 9.80. The van der Waals surface area contributed by atoms with Crippen LogP contribution in [0.15, 0.2) is 231 Å². The minimum absolute atomic E-state index is 0.181. The van der Waals surface area contributed by atoms with Gasteiger partial charge in [0.1, 0.15) is 0 Å². The number of fused-ring (bicyclic) bond motifs is 18. The maximum atomic E-state index is 2.48. The number of hydrogen-bond donors (Lipinski definition) is 0. The Morgan fingerprint density at radius 2 is 0.652 bits per heavy atom. The van der Waals surface area contributed by atoms with Crippen LogP contribution < -0.4 is 0 Å². The highest BCUT2D eigenvalue weighted by Gasteiger charge is 2.36. The fourth-order valence-electron chi connectivity index (χ4n) is 12.5. The van der Waals surface area contributed by atoms with Gasteiger partial charge in [-0.25, -0.2) is 0 Å². The lowest BCUT2D eigenvalue weighted by molar-refractivity contribution is 0.661. The molecule has 0 atom stereocenters. The molecule has 1 aliphatic carbocycles. The zero-order valence-corrected chi connectivity index (χ0v) is 38.4. The first-order chi connectivity index (χ1) is 33.9. The standard InChI is InChI=1S/C69H44/c1-69(2)63-39-48(30-33-58(63)59-34-31-50(40-64(59)69)53-16-9-17-60-57(53)32-29-46-24-23-45-22-20-42-10-3-6-13-54(42)65(45)66(46)60)47-25-18-41-19-26-49(37-52(41)36-47)62-38-51-27-21-43-11-4-7-14-55(43)67(51)68-56-15-8-5-12-44(56)28-35-61(62)68/h3-40H,1-2H3. The van der Waals surface area contributed by atoms with E-state index in [0.717, 1.165) is 0 Å². The van der Waals surface area contributed by atoms with E-state index >= 15 is 0 Å². The molecule has 69 heavy (non-hydrogen) atoms. The summed E-state index contributed by atoms with van der Waals surface area (Å²) in [4.78, 5) is 0. The van der Waals surface area contributed by atoms with E-state index in [-0.39, 0.29) is 5.41 Å². The van der Waals surface area contributed by atoms with E-state index in [4.69, 9.17) is 0 Å². The molecule has 0 amide bonds. The Bertz CT molecular complexity index is 4560. The molecule has 15 rings (SSSR count). The van der Waals surface area contributed by atoms with Gasteiger partial charge in [-0.3, -0.25) is 0 Å². The van der Waals surface area contributed by atoms with Crippen LogP contribution in [0.2, 0.25) is 0 Å². The van der Waals surface area contributed by atoms with Crippen molar-refractivity contribution in [3.05, 3.63) is 242 Å². The van der Waals surface area contributed by atoms with Gasteiger partial charge in [-0.1, -0.05) is 214 Å². The van der Waals surface area contributed by atoms with Crippen LogP contribution >= 0.6 is 0 Å². The Morgan fingerprint density at radius 3 is 1.35 bits per heavy atom. The molecule has 320 valence electrons. The van der Waals surface area contributed by atoms with Crippen molar-refractivity contribution < 1.29 is 0 Å². The van der Waals surface area contributed by atoms with Gasteiger partial charge in [0.25, 0.3) is 0 Å². The first kappa shape index (κ1) is 38.5. The maximum Gasteiger partial charge on any atom is 0.0159 e. The van der Waals surface area contributed by atoms with Crippen molar-refractivity contribution in [1.82, 2.24) is 0 Å². The summed E-state index contributed by atoms with van der Waals surface area (Å²) < 4.78 is 0. The smallest absolute Gasteiger partial charge is 0.0159 e. The average molecular weight is 873 g/mol. The predicted octanol–water partition coefficient (Wildman–Crippen LogP) is 19.4. The number of hydrogen-bond acceptors (Lipinski definition) is 0. The minimum atomic E-state index is -0.181. The first-order valence-electron chi connectivity index (χ1n) is 24.3. The third-order valence-corrected chi connectivity index (χ3v) is 15.9. The lowest BCUT2D eigenvalue weighted by Crippen LogP contribution is -2.15. The van der Waals surface area contributed by atoms with Crippen molar-refractivity contribution in [2.75, 3.05) is 0 Å². The monoisotopic (exact) mass is 872 g/mol. The Balaban J connectivity index is 0.826. The van der Waals surface area contributed by atoms with E-state index in [1.54, 1.807) is 0 Å². The van der Waals surface area contributed by atoms with Crippen LogP contribution in [0.4, 0.5) is 0 Å². The Kier molecular flexibility index (Phi) is 7.94. The van der Waals surface area contributed by atoms with Crippen molar-refractivity contribution in [1.29, 1.82) is 0 Å². The number of rotatable bonds is 3. The van der Waals surface area contributed by atoms with Gasteiger partial charge < -0.3 is 0 Å². The molecule has 0 saturated heterocycles. The second-order valence-electron chi connectivity index (χ2n) is 20.0. The molecule has 0 bridgehead atoms. The van der Waals surface area contributed by atoms with E-state index in [9.17, 15) is 0 Å². The van der Waals surface area contributed by atoms with Crippen molar-refractivity contribution in [2.45, 2.75) is 19.3 Å². The third-order valence-electron chi connectivity index (χ3n) is 15.9.